The zero-order chi connectivity index (χ0) is 22.3. The van der Waals surface area contributed by atoms with Crippen LogP contribution in [0.15, 0.2) is 83.4 Å². The molecule has 0 aliphatic carbocycles. The van der Waals surface area contributed by atoms with E-state index in [0.29, 0.717) is 22.5 Å². The number of amides is 2. The molecule has 2 N–H and O–H groups in total. The lowest BCUT2D eigenvalue weighted by Gasteiger charge is -2.08. The van der Waals surface area contributed by atoms with Gasteiger partial charge in [0, 0.05) is 16.9 Å². The number of rotatable bonds is 6. The first kappa shape index (κ1) is 20.7. The van der Waals surface area contributed by atoms with Gasteiger partial charge in [-0.1, -0.05) is 23.4 Å². The van der Waals surface area contributed by atoms with Crippen molar-refractivity contribution in [3.63, 3.8) is 0 Å². The highest BCUT2D eigenvalue weighted by molar-refractivity contribution is 6.00. The minimum Gasteiger partial charge on any atom is -0.454 e. The number of benzene rings is 3. The summed E-state index contributed by atoms with van der Waals surface area (Å²) in [7, 11) is 0. The molecule has 9 heteroatoms. The Morgan fingerprint density at radius 3 is 2.22 bits per heavy atom. The Hall–Kier alpha value is -4.53. The number of carbonyl (C=O) groups excluding carboxylic acids is 2. The van der Waals surface area contributed by atoms with Gasteiger partial charge in [-0.2, -0.15) is 4.98 Å². The lowest BCUT2D eigenvalue weighted by Crippen LogP contribution is -2.19. The first-order chi connectivity index (χ1) is 15.6. The van der Waals surface area contributed by atoms with Gasteiger partial charge >= 0.3 is 12.0 Å². The van der Waals surface area contributed by atoms with E-state index in [4.69, 9.17) is 9.26 Å². The fourth-order valence-electron chi connectivity index (χ4n) is 2.74. The summed E-state index contributed by atoms with van der Waals surface area (Å²) < 4.78 is 23.3. The van der Waals surface area contributed by atoms with Crippen LogP contribution in [0.1, 0.15) is 16.2 Å². The number of aromatic nitrogens is 2. The molecule has 3 aromatic carbocycles. The number of para-hydroxylation sites is 1. The average Bonchev–Trinajstić information content (AvgIpc) is 3.28. The van der Waals surface area contributed by atoms with Gasteiger partial charge in [0.15, 0.2) is 6.61 Å². The fraction of sp³-hybridized carbons (Fsp3) is 0.0435. The molecular formula is C23H17FN4O4. The maximum absolute atomic E-state index is 13.0. The van der Waals surface area contributed by atoms with Gasteiger partial charge in [-0.3, -0.25) is 0 Å². The van der Waals surface area contributed by atoms with Gasteiger partial charge in [0.05, 0.1) is 5.56 Å². The van der Waals surface area contributed by atoms with Crippen molar-refractivity contribution in [2.75, 3.05) is 10.6 Å². The number of urea groups is 1. The van der Waals surface area contributed by atoms with Gasteiger partial charge in [-0.05, 0) is 60.7 Å². The van der Waals surface area contributed by atoms with Crippen LogP contribution < -0.4 is 10.6 Å². The molecule has 0 saturated carbocycles. The monoisotopic (exact) mass is 432 g/mol. The lowest BCUT2D eigenvalue weighted by atomic mass is 10.2. The van der Waals surface area contributed by atoms with E-state index in [1.54, 1.807) is 24.3 Å². The number of esters is 1. The second-order valence-corrected chi connectivity index (χ2v) is 6.62. The van der Waals surface area contributed by atoms with E-state index in [1.165, 1.54) is 36.4 Å². The molecule has 4 aromatic rings. The van der Waals surface area contributed by atoms with Crippen LogP contribution in [0, 0.1) is 5.82 Å². The van der Waals surface area contributed by atoms with Crippen molar-refractivity contribution in [1.29, 1.82) is 0 Å². The van der Waals surface area contributed by atoms with Gasteiger partial charge < -0.3 is 19.9 Å². The first-order valence-electron chi connectivity index (χ1n) is 9.55. The molecule has 32 heavy (non-hydrogen) atoms. The molecule has 0 bridgehead atoms. The molecule has 0 radical (unpaired) electrons. The van der Waals surface area contributed by atoms with Crippen LogP contribution in [0.4, 0.5) is 20.6 Å². The number of anilines is 2. The van der Waals surface area contributed by atoms with E-state index in [9.17, 15) is 14.0 Å². The van der Waals surface area contributed by atoms with E-state index < -0.39 is 12.0 Å². The molecule has 0 atom stereocenters. The number of nitrogens with one attached hydrogen (secondary N) is 2. The Labute approximate surface area is 182 Å². The SMILES string of the molecule is O=C(Nc1ccccc1)Nc1ccc(C(=O)OCc2noc(-c3ccc(F)cc3)n2)cc1. The third-order valence-electron chi connectivity index (χ3n) is 4.30. The molecule has 0 spiro atoms. The highest BCUT2D eigenvalue weighted by Gasteiger charge is 2.13. The fourth-order valence-corrected chi connectivity index (χ4v) is 2.74. The molecule has 1 aromatic heterocycles. The second-order valence-electron chi connectivity index (χ2n) is 6.62. The van der Waals surface area contributed by atoms with Crippen LogP contribution in [0.2, 0.25) is 0 Å². The zero-order valence-electron chi connectivity index (χ0n) is 16.6. The molecule has 160 valence electrons. The Morgan fingerprint density at radius 1 is 0.875 bits per heavy atom. The highest BCUT2D eigenvalue weighted by atomic mass is 19.1. The van der Waals surface area contributed by atoms with E-state index in [2.05, 4.69) is 20.8 Å². The summed E-state index contributed by atoms with van der Waals surface area (Å²) in [4.78, 5) is 28.4. The van der Waals surface area contributed by atoms with E-state index >= 15 is 0 Å². The van der Waals surface area contributed by atoms with Gasteiger partial charge in [-0.15, -0.1) is 0 Å². The minimum atomic E-state index is -0.585. The lowest BCUT2D eigenvalue weighted by molar-refractivity contribution is 0.0459. The Balaban J connectivity index is 1.29. The predicted octanol–water partition coefficient (Wildman–Crippen LogP) is 4.88. The standard InChI is InChI=1S/C23H17FN4O4/c24-17-10-6-15(7-11-17)21-27-20(28-32-21)14-31-22(29)16-8-12-19(13-9-16)26-23(30)25-18-4-2-1-3-5-18/h1-13H,14H2,(H2,25,26,30). The molecule has 0 saturated heterocycles. The summed E-state index contributed by atoms with van der Waals surface area (Å²) in [6.45, 7) is -0.191. The van der Waals surface area contributed by atoms with Crippen molar-refractivity contribution in [2.45, 2.75) is 6.61 Å². The van der Waals surface area contributed by atoms with Gasteiger partial charge in [0.25, 0.3) is 5.89 Å². The van der Waals surface area contributed by atoms with E-state index in [1.807, 2.05) is 18.2 Å². The largest absolute Gasteiger partial charge is 0.454 e. The maximum atomic E-state index is 13.0. The summed E-state index contributed by atoms with van der Waals surface area (Å²) >= 11 is 0. The van der Waals surface area contributed by atoms with E-state index in [-0.39, 0.29) is 24.1 Å². The number of carbonyl (C=O) groups is 2. The van der Waals surface area contributed by atoms with Crippen LogP contribution in [-0.4, -0.2) is 22.1 Å². The zero-order valence-corrected chi connectivity index (χ0v) is 16.6. The quantitative estimate of drug-likeness (QED) is 0.421. The van der Waals surface area contributed by atoms with Gasteiger partial charge in [-0.25, -0.2) is 14.0 Å². The molecule has 2 amide bonds. The molecule has 8 nitrogen and oxygen atoms in total. The predicted molar refractivity (Wildman–Crippen MR) is 114 cm³/mol. The normalized spacial score (nSPS) is 10.4. The number of ether oxygens (including phenoxy) is 1. The van der Waals surface area contributed by atoms with Crippen molar-refractivity contribution in [3.05, 3.63) is 96.1 Å². The number of hydrogen-bond donors (Lipinski definition) is 2. The van der Waals surface area contributed by atoms with Crippen LogP contribution in [0.5, 0.6) is 0 Å². The second kappa shape index (κ2) is 9.52. The smallest absolute Gasteiger partial charge is 0.338 e. The molecule has 0 aliphatic heterocycles. The maximum Gasteiger partial charge on any atom is 0.338 e. The summed E-state index contributed by atoms with van der Waals surface area (Å²) in [5.41, 5.74) is 2.02. The van der Waals surface area contributed by atoms with Crippen molar-refractivity contribution >= 4 is 23.4 Å². The number of halogens is 1. The van der Waals surface area contributed by atoms with Crippen molar-refractivity contribution in [2.24, 2.45) is 0 Å². The molecule has 1 heterocycles. The third-order valence-corrected chi connectivity index (χ3v) is 4.30. The molecular weight excluding hydrogens is 415 g/mol. The van der Waals surface area contributed by atoms with Gasteiger partial charge in [0.1, 0.15) is 5.82 Å². The highest BCUT2D eigenvalue weighted by Crippen LogP contribution is 2.18. The minimum absolute atomic E-state index is 0.175. The number of nitrogens with zero attached hydrogens (tertiary/aromatic N) is 2. The molecule has 0 aliphatic rings. The van der Waals surface area contributed by atoms with Gasteiger partial charge in [0.2, 0.25) is 5.82 Å². The Morgan fingerprint density at radius 2 is 1.53 bits per heavy atom. The average molecular weight is 432 g/mol. The van der Waals surface area contributed by atoms with Crippen LogP contribution >= 0.6 is 0 Å². The molecule has 0 fully saturated rings. The first-order valence-corrected chi connectivity index (χ1v) is 9.55. The molecule has 4 rings (SSSR count). The Kier molecular flexibility index (Phi) is 6.17. The van der Waals surface area contributed by atoms with Crippen LogP contribution in [-0.2, 0) is 11.3 Å². The Bertz CT molecular complexity index is 1210. The summed E-state index contributed by atoms with van der Waals surface area (Å²) in [6.07, 6.45) is 0. The van der Waals surface area contributed by atoms with Crippen LogP contribution in [0.25, 0.3) is 11.5 Å². The van der Waals surface area contributed by atoms with E-state index in [0.717, 1.165) is 0 Å². The van der Waals surface area contributed by atoms with Crippen molar-refractivity contribution < 1.29 is 23.2 Å². The summed E-state index contributed by atoms with van der Waals surface area (Å²) in [5.74, 6) is -0.590. The summed E-state index contributed by atoms with van der Waals surface area (Å²) in [6, 6.07) is 20.4. The summed E-state index contributed by atoms with van der Waals surface area (Å²) in [5, 5.41) is 9.13. The topological polar surface area (TPSA) is 106 Å². The van der Waals surface area contributed by atoms with Crippen molar-refractivity contribution in [1.82, 2.24) is 10.1 Å². The number of hydrogen-bond acceptors (Lipinski definition) is 6. The third kappa shape index (κ3) is 5.33. The van der Waals surface area contributed by atoms with Crippen molar-refractivity contribution in [3.8, 4) is 11.5 Å². The molecule has 0 unspecified atom stereocenters. The van der Waals surface area contributed by atoms with Crippen LogP contribution in [0.3, 0.4) is 0 Å².